The molecule has 0 radical (unpaired) electrons. The zero-order valence-corrected chi connectivity index (χ0v) is 38.7. The average molecular weight is 833 g/mol. The quantitative estimate of drug-likeness (QED) is 0.0200. The van der Waals surface area contributed by atoms with Crippen molar-refractivity contribution in [3.63, 3.8) is 0 Å². The van der Waals surface area contributed by atoms with Crippen LogP contribution in [0.2, 0.25) is 0 Å². The maximum Gasteiger partial charge on any atom is 0.306 e. The number of carbonyl (C=O) groups is 3. The Morgan fingerprint density at radius 1 is 0.367 bits per heavy atom. The van der Waals surface area contributed by atoms with E-state index < -0.39 is 6.10 Å². The summed E-state index contributed by atoms with van der Waals surface area (Å²) in [4.78, 5) is 37.8. The van der Waals surface area contributed by atoms with Crippen molar-refractivity contribution < 1.29 is 28.6 Å². The number of ether oxygens (including phenoxy) is 3. The SMILES string of the molecule is CC/C=C/C=C/C=C/CCCCCCCCCC(=O)OCC(COC(=O)CC/C=C/C/C=C/CCCCCCCC)OC(=O)CCCCCC/C=C/C/C=C/C/C=C/CC. The third kappa shape index (κ3) is 45.4. The van der Waals surface area contributed by atoms with Gasteiger partial charge in [-0.25, -0.2) is 0 Å². The van der Waals surface area contributed by atoms with Gasteiger partial charge < -0.3 is 14.2 Å². The average Bonchev–Trinajstić information content (AvgIpc) is 3.24. The van der Waals surface area contributed by atoms with E-state index in [9.17, 15) is 14.4 Å². The lowest BCUT2D eigenvalue weighted by Gasteiger charge is -2.18. The van der Waals surface area contributed by atoms with Gasteiger partial charge in [0, 0.05) is 19.3 Å². The van der Waals surface area contributed by atoms with Crippen LogP contribution in [-0.2, 0) is 28.6 Å². The summed E-state index contributed by atoms with van der Waals surface area (Å²) in [5.74, 6) is -1.02. The zero-order valence-electron chi connectivity index (χ0n) is 38.7. The van der Waals surface area contributed by atoms with Crippen LogP contribution in [0.1, 0.15) is 207 Å². The van der Waals surface area contributed by atoms with E-state index in [4.69, 9.17) is 14.2 Å². The van der Waals surface area contributed by atoms with Crippen molar-refractivity contribution in [2.24, 2.45) is 0 Å². The molecule has 0 fully saturated rings. The minimum absolute atomic E-state index is 0.112. The molecule has 0 spiro atoms. The number of hydrogen-bond acceptors (Lipinski definition) is 6. The van der Waals surface area contributed by atoms with E-state index in [-0.39, 0.29) is 44.0 Å². The van der Waals surface area contributed by atoms with Gasteiger partial charge >= 0.3 is 17.9 Å². The molecule has 0 aromatic heterocycles. The van der Waals surface area contributed by atoms with Crippen LogP contribution in [-0.4, -0.2) is 37.2 Å². The summed E-state index contributed by atoms with van der Waals surface area (Å²) in [5.41, 5.74) is 0. The Balaban J connectivity index is 4.52. The Labute approximate surface area is 368 Å². The first-order valence-electron chi connectivity index (χ1n) is 24.3. The van der Waals surface area contributed by atoms with Gasteiger partial charge in [0.25, 0.3) is 0 Å². The third-order valence-corrected chi connectivity index (χ3v) is 9.88. The van der Waals surface area contributed by atoms with Gasteiger partial charge in [0.2, 0.25) is 0 Å². The Morgan fingerprint density at radius 3 is 1.30 bits per heavy atom. The van der Waals surface area contributed by atoms with Crippen LogP contribution in [0.5, 0.6) is 0 Å². The smallest absolute Gasteiger partial charge is 0.306 e. The number of carbonyl (C=O) groups excluding carboxylic acids is 3. The van der Waals surface area contributed by atoms with Gasteiger partial charge in [0.05, 0.1) is 0 Å². The van der Waals surface area contributed by atoms with Crippen LogP contribution in [0.4, 0.5) is 0 Å². The fourth-order valence-electron chi connectivity index (χ4n) is 6.27. The molecule has 0 aromatic carbocycles. The molecule has 1 unspecified atom stereocenters. The number of esters is 3. The molecule has 0 N–H and O–H groups in total. The molecule has 340 valence electrons. The highest BCUT2D eigenvalue weighted by molar-refractivity contribution is 5.71. The van der Waals surface area contributed by atoms with Crippen molar-refractivity contribution >= 4 is 17.9 Å². The number of allylic oxidation sites excluding steroid dienone is 16. The Bertz CT molecular complexity index is 1230. The molecule has 6 nitrogen and oxygen atoms in total. The summed E-state index contributed by atoms with van der Waals surface area (Å²) in [5, 5.41) is 0. The van der Waals surface area contributed by atoms with Crippen molar-refractivity contribution in [2.45, 2.75) is 213 Å². The van der Waals surface area contributed by atoms with Gasteiger partial charge in [-0.1, -0.05) is 195 Å². The summed E-state index contributed by atoms with van der Waals surface area (Å²) in [6.07, 6.45) is 62.6. The molecule has 60 heavy (non-hydrogen) atoms. The highest BCUT2D eigenvalue weighted by atomic mass is 16.6. The van der Waals surface area contributed by atoms with E-state index in [1.807, 2.05) is 6.08 Å². The van der Waals surface area contributed by atoms with Crippen LogP contribution < -0.4 is 0 Å². The molecule has 0 aliphatic carbocycles. The standard InChI is InChI=1S/C54H88O6/c1-4-7-10-13-16-19-22-25-27-30-32-35-38-41-44-47-53(56)59-50-51(49-58-52(55)46-43-40-37-34-31-28-24-21-18-15-12-9-6-3)60-54(57)48-45-42-39-36-33-29-26-23-20-17-14-11-8-5-2/h7-8,10-11,13,16-17,19-20,22,26,28-29,31,37,40,51H,4-6,9,12,14-15,18,21,23-25,27,30,32-36,38-39,41-50H2,1-3H3/b10-7+,11-8+,16-13+,20-17+,22-19+,29-26+,31-28+,40-37+. The monoisotopic (exact) mass is 833 g/mol. The maximum atomic E-state index is 12.8. The van der Waals surface area contributed by atoms with Crippen LogP contribution in [0, 0.1) is 0 Å². The number of hydrogen-bond donors (Lipinski definition) is 0. The lowest BCUT2D eigenvalue weighted by molar-refractivity contribution is -0.166. The molecule has 0 aliphatic rings. The first kappa shape index (κ1) is 56.3. The molecule has 0 heterocycles. The summed E-state index contributed by atoms with van der Waals surface area (Å²) in [6.45, 7) is 6.28. The molecule has 0 bridgehead atoms. The van der Waals surface area contributed by atoms with E-state index in [2.05, 4.69) is 112 Å². The van der Waals surface area contributed by atoms with E-state index in [0.29, 0.717) is 12.8 Å². The van der Waals surface area contributed by atoms with Gasteiger partial charge in [0.15, 0.2) is 6.10 Å². The topological polar surface area (TPSA) is 78.9 Å². The molecule has 0 saturated carbocycles. The Morgan fingerprint density at radius 2 is 0.767 bits per heavy atom. The minimum Gasteiger partial charge on any atom is -0.462 e. The largest absolute Gasteiger partial charge is 0.462 e. The molecule has 0 rings (SSSR count). The second-order valence-electron chi connectivity index (χ2n) is 15.7. The molecular formula is C54H88O6. The third-order valence-electron chi connectivity index (χ3n) is 9.88. The fraction of sp³-hybridized carbons (Fsp3) is 0.648. The predicted molar refractivity (Wildman–Crippen MR) is 256 cm³/mol. The van der Waals surface area contributed by atoms with Gasteiger partial charge in [-0.15, -0.1) is 0 Å². The van der Waals surface area contributed by atoms with Crippen molar-refractivity contribution in [1.29, 1.82) is 0 Å². The first-order chi connectivity index (χ1) is 29.5. The van der Waals surface area contributed by atoms with Gasteiger partial charge in [-0.05, 0) is 89.9 Å². The van der Waals surface area contributed by atoms with E-state index in [0.717, 1.165) is 96.3 Å². The lowest BCUT2D eigenvalue weighted by atomic mass is 10.1. The van der Waals surface area contributed by atoms with Crippen molar-refractivity contribution in [2.75, 3.05) is 13.2 Å². The number of rotatable bonds is 42. The van der Waals surface area contributed by atoms with Crippen molar-refractivity contribution in [3.8, 4) is 0 Å². The second-order valence-corrected chi connectivity index (χ2v) is 15.7. The lowest BCUT2D eigenvalue weighted by Crippen LogP contribution is -2.30. The van der Waals surface area contributed by atoms with E-state index >= 15 is 0 Å². The summed E-state index contributed by atoms with van der Waals surface area (Å²) in [6, 6.07) is 0. The van der Waals surface area contributed by atoms with Crippen molar-refractivity contribution in [3.05, 3.63) is 97.2 Å². The second kappa shape index (κ2) is 48.0. The predicted octanol–water partition coefficient (Wildman–Crippen LogP) is 15.8. The zero-order chi connectivity index (χ0) is 43.7. The highest BCUT2D eigenvalue weighted by Gasteiger charge is 2.19. The Hall–Kier alpha value is -3.67. The highest BCUT2D eigenvalue weighted by Crippen LogP contribution is 2.13. The molecule has 0 saturated heterocycles. The molecule has 1 atom stereocenters. The molecule has 0 aliphatic heterocycles. The van der Waals surface area contributed by atoms with E-state index in [1.165, 1.54) is 64.2 Å². The van der Waals surface area contributed by atoms with Gasteiger partial charge in [-0.2, -0.15) is 0 Å². The van der Waals surface area contributed by atoms with Crippen molar-refractivity contribution in [1.82, 2.24) is 0 Å². The molecule has 6 heteroatoms. The fourth-order valence-corrected chi connectivity index (χ4v) is 6.27. The molecule has 0 amide bonds. The molecule has 0 aromatic rings. The Kier molecular flexibility index (Phi) is 45.1. The normalized spacial score (nSPS) is 12.9. The molecular weight excluding hydrogens is 745 g/mol. The maximum absolute atomic E-state index is 12.8. The van der Waals surface area contributed by atoms with E-state index in [1.54, 1.807) is 0 Å². The minimum atomic E-state index is -0.816. The first-order valence-corrected chi connectivity index (χ1v) is 24.3. The van der Waals surface area contributed by atoms with Crippen LogP contribution in [0.15, 0.2) is 97.2 Å². The van der Waals surface area contributed by atoms with Gasteiger partial charge in [-0.3, -0.25) is 14.4 Å². The number of unbranched alkanes of at least 4 members (excludes halogenated alkanes) is 17. The summed E-state index contributed by atoms with van der Waals surface area (Å²) < 4.78 is 16.7. The van der Waals surface area contributed by atoms with Crippen LogP contribution in [0.3, 0.4) is 0 Å². The summed E-state index contributed by atoms with van der Waals surface area (Å²) in [7, 11) is 0. The van der Waals surface area contributed by atoms with Gasteiger partial charge in [0.1, 0.15) is 13.2 Å². The van der Waals surface area contributed by atoms with Crippen LogP contribution >= 0.6 is 0 Å². The van der Waals surface area contributed by atoms with Crippen LogP contribution in [0.25, 0.3) is 0 Å². The summed E-state index contributed by atoms with van der Waals surface area (Å²) >= 11 is 0.